The molecule has 27 heavy (non-hydrogen) atoms. The Balaban J connectivity index is 3.41. The van der Waals surface area contributed by atoms with E-state index in [-0.39, 0.29) is 11.6 Å². The molecule has 1 rings (SSSR count). The van der Waals surface area contributed by atoms with Gasteiger partial charge in [0.15, 0.2) is 11.5 Å². The molecule has 0 aromatic heterocycles. The Morgan fingerprint density at radius 3 is 2.33 bits per heavy atom. The first-order valence-corrected chi connectivity index (χ1v) is 12.0. The third-order valence-electron chi connectivity index (χ3n) is 5.44. The van der Waals surface area contributed by atoms with Crippen LogP contribution in [-0.4, -0.2) is 26.9 Å². The van der Waals surface area contributed by atoms with Crippen molar-refractivity contribution in [2.45, 2.75) is 71.1 Å². The Morgan fingerprint density at radius 2 is 1.93 bits per heavy atom. The molecule has 2 atom stereocenters. The molecule has 5 nitrogen and oxygen atoms in total. The van der Waals surface area contributed by atoms with E-state index in [1.807, 2.05) is 25.1 Å². The number of aryl methyl sites for hydroxylation is 1. The van der Waals surface area contributed by atoms with Gasteiger partial charge in [-0.05, 0) is 56.1 Å². The second kappa shape index (κ2) is 8.15. The summed E-state index contributed by atoms with van der Waals surface area (Å²) in [5.41, 5.74) is 0.102. The number of rotatable bonds is 6. The van der Waals surface area contributed by atoms with Gasteiger partial charge in [-0.15, -0.1) is 0 Å². The van der Waals surface area contributed by atoms with E-state index >= 15 is 0 Å². The smallest absolute Gasteiger partial charge is 0.326 e. The number of esters is 1. The van der Waals surface area contributed by atoms with Crippen molar-refractivity contribution in [2.24, 2.45) is 0 Å². The summed E-state index contributed by atoms with van der Waals surface area (Å²) in [4.78, 5) is 16.0. The number of benzene rings is 1. The highest BCUT2D eigenvalue weighted by atomic mass is 28.4. The van der Waals surface area contributed by atoms with Gasteiger partial charge in [0, 0.05) is 0 Å². The summed E-state index contributed by atoms with van der Waals surface area (Å²) in [5, 5.41) is 9.48. The normalized spacial score (nSPS) is 15.0. The van der Waals surface area contributed by atoms with Gasteiger partial charge in [0.2, 0.25) is 8.32 Å². The molecule has 146 valence electrons. The van der Waals surface area contributed by atoms with E-state index < -0.39 is 25.7 Å². The zero-order valence-corrected chi connectivity index (χ0v) is 18.6. The highest BCUT2D eigenvalue weighted by Crippen LogP contribution is 2.39. The van der Waals surface area contributed by atoms with Gasteiger partial charge in [0.25, 0.3) is 0 Å². The second-order valence-electron chi connectivity index (χ2n) is 8.43. The quantitative estimate of drug-likeness (QED) is 0.391. The summed E-state index contributed by atoms with van der Waals surface area (Å²) in [5.74, 6) is 0.206. The Hall–Kier alpha value is -2.31. The van der Waals surface area contributed by atoms with Crippen molar-refractivity contribution in [3.63, 3.8) is 0 Å². The lowest BCUT2D eigenvalue weighted by Gasteiger charge is -2.37. The second-order valence-corrected chi connectivity index (χ2v) is 13.2. The number of hydrogen-bond acceptors (Lipinski definition) is 4. The van der Waals surface area contributed by atoms with Crippen molar-refractivity contribution >= 4 is 14.3 Å². The van der Waals surface area contributed by atoms with E-state index in [0.717, 1.165) is 11.3 Å². The molecule has 0 aliphatic carbocycles. The van der Waals surface area contributed by atoms with Crippen molar-refractivity contribution in [3.8, 4) is 11.8 Å². The van der Waals surface area contributed by atoms with Crippen molar-refractivity contribution < 1.29 is 14.0 Å². The largest absolute Gasteiger partial charge is 0.543 e. The molecule has 0 amide bonds. The fourth-order valence-corrected chi connectivity index (χ4v) is 3.56. The van der Waals surface area contributed by atoms with E-state index in [4.69, 9.17) is 15.7 Å². The van der Waals surface area contributed by atoms with Crippen LogP contribution in [0.2, 0.25) is 18.1 Å². The molecular weight excluding hydrogens is 356 g/mol. The standard InChI is InChI=1S/C21H30N2O3Si/c1-10-25-19(24)21(6,18(14-22)23-7)16-11-12-17(15(2)13-16)26-27(8,9)20(3,4)5/h11-13,18H,10H2,1-6,8-9H3. The highest BCUT2D eigenvalue weighted by molar-refractivity contribution is 6.74. The van der Waals surface area contributed by atoms with Crippen molar-refractivity contribution in [3.05, 3.63) is 40.7 Å². The van der Waals surface area contributed by atoms with Gasteiger partial charge in [-0.1, -0.05) is 32.9 Å². The van der Waals surface area contributed by atoms with Gasteiger partial charge in [-0.25, -0.2) is 6.57 Å². The minimum Gasteiger partial charge on any atom is -0.543 e. The van der Waals surface area contributed by atoms with Gasteiger partial charge in [0.05, 0.1) is 6.61 Å². The van der Waals surface area contributed by atoms with E-state index in [2.05, 4.69) is 38.7 Å². The Labute approximate surface area is 164 Å². The zero-order chi connectivity index (χ0) is 21.0. The van der Waals surface area contributed by atoms with Gasteiger partial charge in [-0.2, -0.15) is 5.26 Å². The van der Waals surface area contributed by atoms with Crippen LogP contribution in [-0.2, 0) is 14.9 Å². The molecule has 1 aromatic rings. The first-order chi connectivity index (χ1) is 12.3. The molecule has 6 heteroatoms. The van der Waals surface area contributed by atoms with E-state index in [9.17, 15) is 10.1 Å². The fourth-order valence-electron chi connectivity index (χ4n) is 2.47. The predicted molar refractivity (Wildman–Crippen MR) is 109 cm³/mol. The van der Waals surface area contributed by atoms with Crippen molar-refractivity contribution in [1.29, 1.82) is 5.26 Å². The van der Waals surface area contributed by atoms with Crippen LogP contribution in [0.25, 0.3) is 4.85 Å². The molecule has 0 radical (unpaired) electrons. The molecule has 0 fully saturated rings. The number of ether oxygens (including phenoxy) is 1. The lowest BCUT2D eigenvalue weighted by molar-refractivity contribution is -0.149. The molecule has 0 spiro atoms. The number of carbonyl (C=O) groups excluding carboxylic acids is 1. The summed E-state index contributed by atoms with van der Waals surface area (Å²) in [7, 11) is -2.00. The zero-order valence-electron chi connectivity index (χ0n) is 17.6. The van der Waals surface area contributed by atoms with Crippen LogP contribution in [0.3, 0.4) is 0 Å². The SMILES string of the molecule is [C-]#[N+]C(C#N)C(C)(C(=O)OCC)c1ccc(O[Si](C)(C)C(C)(C)C)c(C)c1. The molecular formula is C21H30N2O3Si. The molecule has 0 heterocycles. The van der Waals surface area contributed by atoms with Crippen molar-refractivity contribution in [1.82, 2.24) is 0 Å². The van der Waals surface area contributed by atoms with Crippen molar-refractivity contribution in [2.75, 3.05) is 6.61 Å². The Kier molecular flexibility index (Phi) is 6.86. The Morgan fingerprint density at radius 1 is 1.33 bits per heavy atom. The highest BCUT2D eigenvalue weighted by Gasteiger charge is 2.50. The summed E-state index contributed by atoms with van der Waals surface area (Å²) >= 11 is 0. The molecule has 0 aliphatic rings. The molecule has 0 aliphatic heterocycles. The molecule has 1 aromatic carbocycles. The van der Waals surface area contributed by atoms with Crippen LogP contribution in [0.1, 0.15) is 45.7 Å². The maximum atomic E-state index is 12.6. The van der Waals surface area contributed by atoms with Crippen LogP contribution in [0.15, 0.2) is 18.2 Å². The van der Waals surface area contributed by atoms with Gasteiger partial charge in [0.1, 0.15) is 5.75 Å². The van der Waals surface area contributed by atoms with Gasteiger partial charge in [-0.3, -0.25) is 9.64 Å². The fraction of sp³-hybridized carbons (Fsp3) is 0.571. The molecule has 0 saturated heterocycles. The lowest BCUT2D eigenvalue weighted by Crippen LogP contribution is -2.44. The first kappa shape index (κ1) is 22.7. The molecule has 2 unspecified atom stereocenters. The predicted octanol–water partition coefficient (Wildman–Crippen LogP) is 5.01. The average molecular weight is 387 g/mol. The van der Waals surface area contributed by atoms with Gasteiger partial charge >= 0.3 is 12.0 Å². The minimum atomic E-state index is -2.00. The maximum absolute atomic E-state index is 12.6. The lowest BCUT2D eigenvalue weighted by atomic mass is 9.76. The van der Waals surface area contributed by atoms with Crippen LogP contribution >= 0.6 is 0 Å². The summed E-state index contributed by atoms with van der Waals surface area (Å²) in [6.07, 6.45) is 0. The van der Waals surface area contributed by atoms with Crippen LogP contribution < -0.4 is 4.43 Å². The summed E-state index contributed by atoms with van der Waals surface area (Å²) in [6.45, 7) is 23.6. The number of hydrogen-bond donors (Lipinski definition) is 0. The van der Waals surface area contributed by atoms with E-state index in [1.54, 1.807) is 19.9 Å². The topological polar surface area (TPSA) is 63.7 Å². The number of nitriles is 1. The third kappa shape index (κ3) is 4.51. The number of nitrogens with zero attached hydrogens (tertiary/aromatic N) is 2. The molecule has 0 bridgehead atoms. The molecule has 0 saturated carbocycles. The number of carbonyl (C=O) groups is 1. The van der Waals surface area contributed by atoms with Crippen LogP contribution in [0.4, 0.5) is 0 Å². The maximum Gasteiger partial charge on any atom is 0.326 e. The monoisotopic (exact) mass is 386 g/mol. The average Bonchev–Trinajstić information content (AvgIpc) is 2.56. The molecule has 0 N–H and O–H groups in total. The van der Waals surface area contributed by atoms with Crippen LogP contribution in [0.5, 0.6) is 5.75 Å². The first-order valence-electron chi connectivity index (χ1n) is 9.08. The van der Waals surface area contributed by atoms with Crippen LogP contribution in [0, 0.1) is 24.8 Å². The third-order valence-corrected chi connectivity index (χ3v) is 9.79. The summed E-state index contributed by atoms with van der Waals surface area (Å²) in [6, 6.07) is 6.21. The van der Waals surface area contributed by atoms with Gasteiger partial charge < -0.3 is 9.16 Å². The minimum absolute atomic E-state index is 0.0631. The van der Waals surface area contributed by atoms with E-state index in [1.165, 1.54) is 0 Å². The Bertz CT molecular complexity index is 770. The van der Waals surface area contributed by atoms with E-state index in [0.29, 0.717) is 5.56 Å². The summed E-state index contributed by atoms with van der Waals surface area (Å²) < 4.78 is 11.6.